The number of thiophene rings is 1. The quantitative estimate of drug-likeness (QED) is 0.553. The number of carbonyl (C=O) groups is 1. The second-order valence-corrected chi connectivity index (χ2v) is 7.38. The number of aromatic nitrogens is 2. The summed E-state index contributed by atoms with van der Waals surface area (Å²) in [5.74, 6) is -0.297. The van der Waals surface area contributed by atoms with Crippen LogP contribution in [0.1, 0.15) is 19.4 Å². The molecule has 0 saturated heterocycles. The van der Waals surface area contributed by atoms with Crippen molar-refractivity contribution < 1.29 is 4.79 Å². The fourth-order valence-corrected chi connectivity index (χ4v) is 3.57. The molecule has 28 heavy (non-hydrogen) atoms. The predicted molar refractivity (Wildman–Crippen MR) is 113 cm³/mol. The number of rotatable bonds is 7. The van der Waals surface area contributed by atoms with E-state index in [9.17, 15) is 4.79 Å². The van der Waals surface area contributed by atoms with Crippen LogP contribution < -0.4 is 0 Å². The lowest BCUT2D eigenvalue weighted by molar-refractivity contribution is -0.126. The van der Waals surface area contributed by atoms with Gasteiger partial charge in [0.15, 0.2) is 0 Å². The monoisotopic (exact) mass is 390 g/mol. The van der Waals surface area contributed by atoms with Crippen molar-refractivity contribution in [3.05, 3.63) is 65.7 Å². The molecule has 1 amide bonds. The maximum atomic E-state index is 12.6. The summed E-state index contributed by atoms with van der Waals surface area (Å²) in [7, 11) is 0. The molecule has 0 spiro atoms. The number of likely N-dealkylation sites (N-methyl/N-ethyl adjacent to an activating group) is 1. The van der Waals surface area contributed by atoms with Gasteiger partial charge in [-0.2, -0.15) is 10.4 Å². The van der Waals surface area contributed by atoms with Gasteiger partial charge in [-0.05, 0) is 43.5 Å². The summed E-state index contributed by atoms with van der Waals surface area (Å²) in [6.45, 7) is 4.73. The van der Waals surface area contributed by atoms with Crippen LogP contribution in [-0.2, 0) is 4.79 Å². The highest BCUT2D eigenvalue weighted by Crippen LogP contribution is 2.28. The molecule has 0 aliphatic carbocycles. The van der Waals surface area contributed by atoms with E-state index in [1.54, 1.807) is 22.3 Å². The van der Waals surface area contributed by atoms with Crippen molar-refractivity contribution >= 4 is 23.3 Å². The lowest BCUT2D eigenvalue weighted by atomic mass is 10.2. The molecule has 0 aliphatic heterocycles. The van der Waals surface area contributed by atoms with Gasteiger partial charge >= 0.3 is 0 Å². The van der Waals surface area contributed by atoms with Crippen LogP contribution in [0, 0.1) is 17.2 Å². The van der Waals surface area contributed by atoms with Crippen molar-refractivity contribution in [2.45, 2.75) is 13.8 Å². The zero-order valence-corrected chi connectivity index (χ0v) is 16.8. The summed E-state index contributed by atoms with van der Waals surface area (Å²) in [5.41, 5.74) is 2.68. The van der Waals surface area contributed by atoms with Gasteiger partial charge in [0.25, 0.3) is 0 Å². The average molecular weight is 391 g/mol. The maximum Gasteiger partial charge on any atom is 0.246 e. The summed E-state index contributed by atoms with van der Waals surface area (Å²) in [6, 6.07) is 16.1. The Labute approximate surface area is 169 Å². The van der Waals surface area contributed by atoms with Gasteiger partial charge in [0.05, 0.1) is 22.6 Å². The second kappa shape index (κ2) is 9.16. The number of nitriles is 1. The third-order valence-electron chi connectivity index (χ3n) is 4.33. The Morgan fingerprint density at radius 3 is 2.75 bits per heavy atom. The molecule has 142 valence electrons. The molecule has 3 rings (SSSR count). The normalized spacial score (nSPS) is 12.0. The average Bonchev–Trinajstić information content (AvgIpc) is 3.40. The zero-order chi connectivity index (χ0) is 19.9. The molecule has 6 heteroatoms. The van der Waals surface area contributed by atoms with Gasteiger partial charge in [0, 0.05) is 30.9 Å². The molecule has 1 aromatic carbocycles. The van der Waals surface area contributed by atoms with E-state index in [-0.39, 0.29) is 11.8 Å². The van der Waals surface area contributed by atoms with E-state index in [1.807, 2.05) is 78.6 Å². The van der Waals surface area contributed by atoms with Gasteiger partial charge in [-0.1, -0.05) is 24.3 Å². The van der Waals surface area contributed by atoms with Crippen LogP contribution >= 0.6 is 11.3 Å². The summed E-state index contributed by atoms with van der Waals surface area (Å²) >= 11 is 1.61. The number of amides is 1. The molecular weight excluding hydrogens is 368 g/mol. The first kappa shape index (κ1) is 19.6. The summed E-state index contributed by atoms with van der Waals surface area (Å²) in [6.07, 6.45) is 5.31. The van der Waals surface area contributed by atoms with E-state index < -0.39 is 0 Å². The summed E-state index contributed by atoms with van der Waals surface area (Å²) in [4.78, 5) is 15.3. The molecule has 2 heterocycles. The molecule has 2 aromatic heterocycles. The van der Waals surface area contributed by atoms with Crippen molar-refractivity contribution in [3.63, 3.8) is 0 Å². The number of hydrogen-bond donors (Lipinski definition) is 0. The molecule has 0 saturated carbocycles. The topological polar surface area (TPSA) is 61.9 Å². The first-order valence-corrected chi connectivity index (χ1v) is 10.1. The van der Waals surface area contributed by atoms with Crippen LogP contribution in [0.5, 0.6) is 0 Å². The molecule has 0 radical (unpaired) electrons. The third-order valence-corrected chi connectivity index (χ3v) is 5.21. The van der Waals surface area contributed by atoms with Crippen LogP contribution in [0.25, 0.3) is 22.3 Å². The van der Waals surface area contributed by atoms with Gasteiger partial charge in [-0.15, -0.1) is 11.3 Å². The molecule has 5 nitrogen and oxygen atoms in total. The van der Waals surface area contributed by atoms with Gasteiger partial charge in [0.2, 0.25) is 5.91 Å². The fraction of sp³-hybridized carbons (Fsp3) is 0.227. The van der Waals surface area contributed by atoms with E-state index in [0.717, 1.165) is 21.8 Å². The molecule has 1 atom stereocenters. The van der Waals surface area contributed by atoms with Gasteiger partial charge in [0.1, 0.15) is 5.69 Å². The smallest absolute Gasteiger partial charge is 0.246 e. The SMILES string of the molecule is CCN(CC(C)C#N)C(=O)/C=C/c1cn(-c2ccccc2)nc1-c1cccs1. The Kier molecular flexibility index (Phi) is 6.41. The molecule has 0 bridgehead atoms. The van der Waals surface area contributed by atoms with E-state index >= 15 is 0 Å². The van der Waals surface area contributed by atoms with Gasteiger partial charge in [-0.25, -0.2) is 4.68 Å². The first-order chi connectivity index (χ1) is 13.6. The number of para-hydroxylation sites is 1. The van der Waals surface area contributed by atoms with Crippen LogP contribution in [0.2, 0.25) is 0 Å². The van der Waals surface area contributed by atoms with Crippen molar-refractivity contribution in [3.8, 4) is 22.3 Å². The van der Waals surface area contributed by atoms with E-state index in [1.165, 1.54) is 0 Å². The molecule has 3 aromatic rings. The van der Waals surface area contributed by atoms with Crippen LogP contribution in [0.3, 0.4) is 0 Å². The van der Waals surface area contributed by atoms with Crippen molar-refractivity contribution in [2.75, 3.05) is 13.1 Å². The molecule has 0 aliphatic rings. The second-order valence-electron chi connectivity index (χ2n) is 6.43. The molecule has 1 unspecified atom stereocenters. The van der Waals surface area contributed by atoms with Crippen LogP contribution in [0.4, 0.5) is 0 Å². The van der Waals surface area contributed by atoms with E-state index in [2.05, 4.69) is 6.07 Å². The Hall–Kier alpha value is -3.17. The number of nitrogens with zero attached hydrogens (tertiary/aromatic N) is 4. The lowest BCUT2D eigenvalue weighted by Crippen LogP contribution is -2.32. The fourth-order valence-electron chi connectivity index (χ4n) is 2.84. The van der Waals surface area contributed by atoms with Crippen molar-refractivity contribution in [1.29, 1.82) is 5.26 Å². The lowest BCUT2D eigenvalue weighted by Gasteiger charge is -2.20. The zero-order valence-electron chi connectivity index (χ0n) is 15.9. The van der Waals surface area contributed by atoms with E-state index in [0.29, 0.717) is 13.1 Å². The standard InChI is InChI=1S/C22H22N4OS/c1-3-25(15-17(2)14-23)21(27)12-11-18-16-26(19-8-5-4-6-9-19)24-22(18)20-10-7-13-28-20/h4-13,16-17H,3,15H2,1-2H3/b12-11+. The minimum absolute atomic E-state index is 0.103. The van der Waals surface area contributed by atoms with Gasteiger partial charge in [-0.3, -0.25) is 4.79 Å². The minimum atomic E-state index is -0.195. The number of hydrogen-bond acceptors (Lipinski definition) is 4. The molecule has 0 N–H and O–H groups in total. The Balaban J connectivity index is 1.90. The Morgan fingerprint density at radius 2 is 2.11 bits per heavy atom. The predicted octanol–water partition coefficient (Wildman–Crippen LogP) is 4.62. The Morgan fingerprint density at radius 1 is 1.32 bits per heavy atom. The van der Waals surface area contributed by atoms with Crippen LogP contribution in [-0.4, -0.2) is 33.7 Å². The highest BCUT2D eigenvalue weighted by Gasteiger charge is 2.14. The highest BCUT2D eigenvalue weighted by molar-refractivity contribution is 7.13. The third kappa shape index (κ3) is 4.56. The Bertz CT molecular complexity index is 983. The van der Waals surface area contributed by atoms with Crippen LogP contribution in [0.15, 0.2) is 60.1 Å². The molecule has 0 fully saturated rings. The number of benzene rings is 1. The summed E-state index contributed by atoms with van der Waals surface area (Å²) < 4.78 is 1.83. The summed E-state index contributed by atoms with van der Waals surface area (Å²) in [5, 5.41) is 15.8. The van der Waals surface area contributed by atoms with E-state index in [4.69, 9.17) is 10.4 Å². The van der Waals surface area contributed by atoms with Crippen molar-refractivity contribution in [1.82, 2.24) is 14.7 Å². The minimum Gasteiger partial charge on any atom is -0.338 e. The maximum absolute atomic E-state index is 12.6. The highest BCUT2D eigenvalue weighted by atomic mass is 32.1. The molecular formula is C22H22N4OS. The van der Waals surface area contributed by atoms with Gasteiger partial charge < -0.3 is 4.90 Å². The van der Waals surface area contributed by atoms with Crippen molar-refractivity contribution in [2.24, 2.45) is 5.92 Å². The first-order valence-electron chi connectivity index (χ1n) is 9.18. The largest absolute Gasteiger partial charge is 0.338 e. The number of carbonyl (C=O) groups excluding carboxylic acids is 1.